The first-order valence-electron chi connectivity index (χ1n) is 7.84. The summed E-state index contributed by atoms with van der Waals surface area (Å²) >= 11 is 1.75. The van der Waals surface area contributed by atoms with Gasteiger partial charge in [0, 0.05) is 25.6 Å². The van der Waals surface area contributed by atoms with Gasteiger partial charge in [0.25, 0.3) is 0 Å². The van der Waals surface area contributed by atoms with Gasteiger partial charge in [0.1, 0.15) is 5.82 Å². The van der Waals surface area contributed by atoms with Gasteiger partial charge in [-0.3, -0.25) is 9.69 Å². The molecule has 1 aliphatic heterocycles. The minimum atomic E-state index is 0.199. The Labute approximate surface area is 134 Å². The minimum absolute atomic E-state index is 0.199. The predicted octanol–water partition coefficient (Wildman–Crippen LogP) is 1.99. The van der Waals surface area contributed by atoms with E-state index < -0.39 is 0 Å². The normalized spacial score (nSPS) is 18.2. The van der Waals surface area contributed by atoms with Crippen LogP contribution in [-0.4, -0.2) is 26.9 Å². The van der Waals surface area contributed by atoms with Crippen molar-refractivity contribution in [1.82, 2.24) is 19.8 Å². The number of thiophene rings is 1. The SMILES string of the molecule is O=C(NCc1cnc2n1CCN(Cc1ccsc1)C2)C1CC1. The van der Waals surface area contributed by atoms with E-state index in [1.807, 2.05) is 6.20 Å². The van der Waals surface area contributed by atoms with E-state index in [1.54, 1.807) is 11.3 Å². The molecule has 2 aromatic rings. The summed E-state index contributed by atoms with van der Waals surface area (Å²) in [5.74, 6) is 1.58. The van der Waals surface area contributed by atoms with Gasteiger partial charge < -0.3 is 9.88 Å². The fraction of sp³-hybridized carbons (Fsp3) is 0.500. The molecular formula is C16H20N4OS. The van der Waals surface area contributed by atoms with Crippen LogP contribution in [0.2, 0.25) is 0 Å². The van der Waals surface area contributed by atoms with Gasteiger partial charge in [0.2, 0.25) is 5.91 Å². The molecule has 0 spiro atoms. The van der Waals surface area contributed by atoms with Crippen LogP contribution in [0.15, 0.2) is 23.0 Å². The summed E-state index contributed by atoms with van der Waals surface area (Å²) in [7, 11) is 0. The number of imidazole rings is 1. The molecule has 0 bridgehead atoms. The van der Waals surface area contributed by atoms with E-state index in [4.69, 9.17) is 0 Å². The molecule has 1 amide bonds. The standard InChI is InChI=1S/C16H20N4OS/c21-16(13-1-2-13)18-8-14-7-17-15-10-19(4-5-20(14)15)9-12-3-6-22-11-12/h3,6-7,11,13H,1-2,4-5,8-10H2,(H,18,21). The number of aromatic nitrogens is 2. The second kappa shape index (κ2) is 5.85. The lowest BCUT2D eigenvalue weighted by Crippen LogP contribution is -2.34. The topological polar surface area (TPSA) is 50.2 Å². The number of nitrogens with one attached hydrogen (secondary N) is 1. The van der Waals surface area contributed by atoms with Gasteiger partial charge in [0.05, 0.1) is 25.0 Å². The van der Waals surface area contributed by atoms with Crippen molar-refractivity contribution in [3.8, 4) is 0 Å². The third-order valence-electron chi connectivity index (χ3n) is 4.40. The van der Waals surface area contributed by atoms with Crippen LogP contribution in [0.4, 0.5) is 0 Å². The lowest BCUT2D eigenvalue weighted by molar-refractivity contribution is -0.122. The lowest BCUT2D eigenvalue weighted by atomic mass is 10.2. The highest BCUT2D eigenvalue weighted by atomic mass is 32.1. The number of amides is 1. The fourth-order valence-corrected chi connectivity index (χ4v) is 3.62. The van der Waals surface area contributed by atoms with Crippen molar-refractivity contribution < 1.29 is 4.79 Å². The Bertz CT molecular complexity index is 660. The van der Waals surface area contributed by atoms with Gasteiger partial charge in [0.15, 0.2) is 0 Å². The summed E-state index contributed by atoms with van der Waals surface area (Å²) in [6, 6.07) is 2.19. The van der Waals surface area contributed by atoms with Crippen LogP contribution < -0.4 is 5.32 Å². The maximum absolute atomic E-state index is 11.8. The van der Waals surface area contributed by atoms with Crippen molar-refractivity contribution in [1.29, 1.82) is 0 Å². The summed E-state index contributed by atoms with van der Waals surface area (Å²) in [5, 5.41) is 7.37. The molecule has 0 atom stereocenters. The van der Waals surface area contributed by atoms with Gasteiger partial charge in [-0.15, -0.1) is 0 Å². The maximum atomic E-state index is 11.8. The summed E-state index contributed by atoms with van der Waals surface area (Å²) in [6.45, 7) is 4.46. The fourth-order valence-electron chi connectivity index (χ4n) is 2.96. The quantitative estimate of drug-likeness (QED) is 0.918. The van der Waals surface area contributed by atoms with E-state index in [1.165, 1.54) is 5.56 Å². The van der Waals surface area contributed by atoms with E-state index in [0.29, 0.717) is 6.54 Å². The number of hydrogen-bond acceptors (Lipinski definition) is 4. The Hall–Kier alpha value is -1.66. The number of carbonyl (C=O) groups is 1. The molecule has 0 unspecified atom stereocenters. The molecule has 4 rings (SSSR count). The van der Waals surface area contributed by atoms with Crippen molar-refractivity contribution in [3.63, 3.8) is 0 Å². The Balaban J connectivity index is 1.38. The van der Waals surface area contributed by atoms with Crippen molar-refractivity contribution in [2.75, 3.05) is 6.54 Å². The molecule has 0 radical (unpaired) electrons. The van der Waals surface area contributed by atoms with Crippen LogP contribution in [0.25, 0.3) is 0 Å². The van der Waals surface area contributed by atoms with Gasteiger partial charge in [-0.05, 0) is 35.2 Å². The lowest BCUT2D eigenvalue weighted by Gasteiger charge is -2.28. The van der Waals surface area contributed by atoms with E-state index >= 15 is 0 Å². The summed E-state index contributed by atoms with van der Waals surface area (Å²) in [4.78, 5) is 18.7. The van der Waals surface area contributed by atoms with Crippen LogP contribution in [0.1, 0.15) is 29.9 Å². The molecule has 0 saturated heterocycles. The second-order valence-electron chi connectivity index (χ2n) is 6.15. The molecule has 5 nitrogen and oxygen atoms in total. The number of rotatable bonds is 5. The Kier molecular flexibility index (Phi) is 3.72. The predicted molar refractivity (Wildman–Crippen MR) is 85.2 cm³/mol. The zero-order valence-corrected chi connectivity index (χ0v) is 13.3. The molecule has 0 aromatic carbocycles. The van der Waals surface area contributed by atoms with Crippen LogP contribution in [0.3, 0.4) is 0 Å². The summed E-state index contributed by atoms with van der Waals surface area (Å²) in [6.07, 6.45) is 4.01. The summed E-state index contributed by atoms with van der Waals surface area (Å²) < 4.78 is 2.26. The molecule has 1 aliphatic carbocycles. The van der Waals surface area contributed by atoms with Gasteiger partial charge in [-0.2, -0.15) is 11.3 Å². The van der Waals surface area contributed by atoms with E-state index in [2.05, 4.69) is 36.6 Å². The third kappa shape index (κ3) is 2.94. The number of carbonyl (C=O) groups excluding carboxylic acids is 1. The third-order valence-corrected chi connectivity index (χ3v) is 5.14. The monoisotopic (exact) mass is 316 g/mol. The van der Waals surface area contributed by atoms with Crippen molar-refractivity contribution in [2.24, 2.45) is 5.92 Å². The number of fused-ring (bicyclic) bond motifs is 1. The number of nitrogens with zero attached hydrogens (tertiary/aromatic N) is 3. The maximum Gasteiger partial charge on any atom is 0.223 e. The van der Waals surface area contributed by atoms with Gasteiger partial charge in [-0.1, -0.05) is 0 Å². The zero-order chi connectivity index (χ0) is 14.9. The van der Waals surface area contributed by atoms with Crippen molar-refractivity contribution in [3.05, 3.63) is 40.1 Å². The van der Waals surface area contributed by atoms with Crippen LogP contribution >= 0.6 is 11.3 Å². The first kappa shape index (κ1) is 14.0. The van der Waals surface area contributed by atoms with Gasteiger partial charge >= 0.3 is 0 Å². The number of hydrogen-bond donors (Lipinski definition) is 1. The second-order valence-corrected chi connectivity index (χ2v) is 6.93. The zero-order valence-electron chi connectivity index (χ0n) is 12.5. The Morgan fingerprint density at radius 3 is 3.09 bits per heavy atom. The highest BCUT2D eigenvalue weighted by molar-refractivity contribution is 7.07. The molecule has 22 heavy (non-hydrogen) atoms. The average Bonchev–Trinajstić information content (AvgIpc) is 3.12. The van der Waals surface area contributed by atoms with E-state index in [-0.39, 0.29) is 11.8 Å². The molecule has 1 saturated carbocycles. The van der Waals surface area contributed by atoms with Crippen LogP contribution in [-0.2, 0) is 31.0 Å². The highest BCUT2D eigenvalue weighted by Gasteiger charge is 2.29. The molecule has 6 heteroatoms. The summed E-state index contributed by atoms with van der Waals surface area (Å²) in [5.41, 5.74) is 2.50. The minimum Gasteiger partial charge on any atom is -0.350 e. The Morgan fingerprint density at radius 2 is 2.32 bits per heavy atom. The Morgan fingerprint density at radius 1 is 1.41 bits per heavy atom. The van der Waals surface area contributed by atoms with E-state index in [0.717, 1.165) is 50.5 Å². The molecule has 3 heterocycles. The van der Waals surface area contributed by atoms with Crippen LogP contribution in [0, 0.1) is 5.92 Å². The molecule has 2 aromatic heterocycles. The average molecular weight is 316 g/mol. The van der Waals surface area contributed by atoms with E-state index in [9.17, 15) is 4.79 Å². The smallest absolute Gasteiger partial charge is 0.223 e. The van der Waals surface area contributed by atoms with Gasteiger partial charge in [-0.25, -0.2) is 4.98 Å². The molecule has 2 aliphatic rings. The highest BCUT2D eigenvalue weighted by Crippen LogP contribution is 2.28. The molecule has 1 fully saturated rings. The molecule has 1 N–H and O–H groups in total. The molecule has 116 valence electrons. The largest absolute Gasteiger partial charge is 0.350 e. The first-order chi connectivity index (χ1) is 10.8. The first-order valence-corrected chi connectivity index (χ1v) is 8.78. The van der Waals surface area contributed by atoms with Crippen molar-refractivity contribution in [2.45, 2.75) is 39.0 Å². The van der Waals surface area contributed by atoms with Crippen molar-refractivity contribution >= 4 is 17.2 Å². The molecular weight excluding hydrogens is 296 g/mol. The van der Waals surface area contributed by atoms with Crippen LogP contribution in [0.5, 0.6) is 0 Å².